The average Bonchev–Trinajstić information content (AvgIpc) is 2.60. The van der Waals surface area contributed by atoms with E-state index in [1.807, 2.05) is 13.0 Å². The van der Waals surface area contributed by atoms with Crippen molar-refractivity contribution in [3.63, 3.8) is 0 Å². The number of piperidine rings is 1. The van der Waals surface area contributed by atoms with Crippen LogP contribution >= 0.6 is 0 Å². The molecule has 126 valence electrons. The summed E-state index contributed by atoms with van der Waals surface area (Å²) < 4.78 is 13.1. The highest BCUT2D eigenvalue weighted by atomic mass is 19.1. The number of carbonyl (C=O) groups is 1. The number of hydrogen-bond acceptors (Lipinski definition) is 5. The molecule has 0 unspecified atom stereocenters. The van der Waals surface area contributed by atoms with Crippen molar-refractivity contribution in [2.45, 2.75) is 32.7 Å². The first kappa shape index (κ1) is 16.3. The second kappa shape index (κ2) is 7.33. The van der Waals surface area contributed by atoms with E-state index in [-0.39, 0.29) is 12.1 Å². The summed E-state index contributed by atoms with van der Waals surface area (Å²) >= 11 is 0. The van der Waals surface area contributed by atoms with E-state index >= 15 is 0 Å². The maximum absolute atomic E-state index is 13.1. The van der Waals surface area contributed by atoms with Crippen LogP contribution < -0.4 is 10.2 Å². The molecule has 6 nitrogen and oxygen atoms in total. The minimum absolute atomic E-state index is 0.180. The Balaban J connectivity index is 1.68. The molecule has 3 heterocycles. The van der Waals surface area contributed by atoms with Gasteiger partial charge >= 0.3 is 0 Å². The molecule has 0 atom stereocenters. The van der Waals surface area contributed by atoms with Crippen LogP contribution in [0.4, 0.5) is 10.2 Å². The lowest BCUT2D eigenvalue weighted by molar-refractivity contribution is 0.0949. The van der Waals surface area contributed by atoms with Gasteiger partial charge in [-0.25, -0.2) is 14.4 Å². The zero-order chi connectivity index (χ0) is 16.9. The van der Waals surface area contributed by atoms with Gasteiger partial charge in [0.1, 0.15) is 17.5 Å². The lowest BCUT2D eigenvalue weighted by Gasteiger charge is -2.28. The van der Waals surface area contributed by atoms with Crippen LogP contribution in [-0.2, 0) is 6.54 Å². The van der Waals surface area contributed by atoms with E-state index in [1.54, 1.807) is 0 Å². The molecule has 3 rings (SSSR count). The molecule has 24 heavy (non-hydrogen) atoms. The number of anilines is 1. The molecule has 0 aliphatic carbocycles. The van der Waals surface area contributed by atoms with Gasteiger partial charge in [-0.15, -0.1) is 0 Å². The zero-order valence-corrected chi connectivity index (χ0v) is 13.6. The second-order valence-corrected chi connectivity index (χ2v) is 5.91. The van der Waals surface area contributed by atoms with Gasteiger partial charge in [0.25, 0.3) is 5.91 Å². The minimum atomic E-state index is -0.540. The topological polar surface area (TPSA) is 71.0 Å². The highest BCUT2D eigenvalue weighted by Crippen LogP contribution is 2.18. The van der Waals surface area contributed by atoms with Crippen LogP contribution in [0.25, 0.3) is 0 Å². The quantitative estimate of drug-likeness (QED) is 0.931. The van der Waals surface area contributed by atoms with Crippen molar-refractivity contribution in [1.29, 1.82) is 0 Å². The molecule has 1 aliphatic heterocycles. The lowest BCUT2D eigenvalue weighted by atomic mass is 10.1. The molecule has 1 saturated heterocycles. The highest BCUT2D eigenvalue weighted by molar-refractivity contribution is 5.93. The third-order valence-electron chi connectivity index (χ3n) is 3.94. The van der Waals surface area contributed by atoms with Crippen molar-refractivity contribution in [1.82, 2.24) is 20.3 Å². The Bertz CT molecular complexity index is 731. The summed E-state index contributed by atoms with van der Waals surface area (Å²) in [5, 5.41) is 2.71. The fraction of sp³-hybridized carbons (Fsp3) is 0.412. The van der Waals surface area contributed by atoms with Crippen LogP contribution in [0.1, 0.15) is 41.1 Å². The molecule has 2 aromatic rings. The van der Waals surface area contributed by atoms with E-state index in [9.17, 15) is 9.18 Å². The van der Waals surface area contributed by atoms with Gasteiger partial charge in [-0.2, -0.15) is 0 Å². The van der Waals surface area contributed by atoms with Crippen LogP contribution in [0.5, 0.6) is 0 Å². The monoisotopic (exact) mass is 329 g/mol. The molecule has 7 heteroatoms. The van der Waals surface area contributed by atoms with Crippen molar-refractivity contribution < 1.29 is 9.18 Å². The van der Waals surface area contributed by atoms with Gasteiger partial charge in [0.15, 0.2) is 0 Å². The van der Waals surface area contributed by atoms with Crippen LogP contribution in [0, 0.1) is 12.7 Å². The summed E-state index contributed by atoms with van der Waals surface area (Å²) in [4.78, 5) is 26.9. The molecule has 1 fully saturated rings. The average molecular weight is 329 g/mol. The van der Waals surface area contributed by atoms with E-state index in [4.69, 9.17) is 0 Å². The number of amides is 1. The minimum Gasteiger partial charge on any atom is -0.357 e. The molecule has 0 radical (unpaired) electrons. The smallest absolute Gasteiger partial charge is 0.253 e. The van der Waals surface area contributed by atoms with Crippen LogP contribution in [0.3, 0.4) is 0 Å². The SMILES string of the molecule is Cc1cc(N2CCCCC2)nc(CNC(=O)c2cncc(F)c2)n1. The van der Waals surface area contributed by atoms with Gasteiger partial charge in [0.05, 0.1) is 18.3 Å². The van der Waals surface area contributed by atoms with Crippen molar-refractivity contribution in [2.75, 3.05) is 18.0 Å². The summed E-state index contributed by atoms with van der Waals surface area (Å²) in [7, 11) is 0. The first-order valence-corrected chi connectivity index (χ1v) is 8.10. The maximum Gasteiger partial charge on any atom is 0.253 e. The number of rotatable bonds is 4. The third-order valence-corrected chi connectivity index (χ3v) is 3.94. The second-order valence-electron chi connectivity index (χ2n) is 5.91. The molecule has 1 N–H and O–H groups in total. The molecular formula is C17H20FN5O. The zero-order valence-electron chi connectivity index (χ0n) is 13.6. The molecule has 1 aliphatic rings. The molecule has 0 saturated carbocycles. The Hall–Kier alpha value is -2.57. The molecular weight excluding hydrogens is 309 g/mol. The Labute approximate surface area is 140 Å². The highest BCUT2D eigenvalue weighted by Gasteiger charge is 2.14. The van der Waals surface area contributed by atoms with Crippen LogP contribution in [-0.4, -0.2) is 33.9 Å². The summed E-state index contributed by atoms with van der Waals surface area (Å²) in [5.74, 6) is 0.514. The summed E-state index contributed by atoms with van der Waals surface area (Å²) in [5.41, 5.74) is 1.04. The number of aromatic nitrogens is 3. The number of pyridine rings is 1. The maximum atomic E-state index is 13.1. The van der Waals surface area contributed by atoms with Crippen molar-refractivity contribution in [3.05, 3.63) is 47.4 Å². The largest absolute Gasteiger partial charge is 0.357 e. The number of carbonyl (C=O) groups excluding carboxylic acids is 1. The van der Waals surface area contributed by atoms with Crippen molar-refractivity contribution >= 4 is 11.7 Å². The van der Waals surface area contributed by atoms with Gasteiger partial charge < -0.3 is 10.2 Å². The van der Waals surface area contributed by atoms with Crippen molar-refractivity contribution in [2.24, 2.45) is 0 Å². The first-order valence-electron chi connectivity index (χ1n) is 8.10. The molecule has 0 spiro atoms. The molecule has 2 aromatic heterocycles. The summed E-state index contributed by atoms with van der Waals surface area (Å²) in [6.07, 6.45) is 5.98. The normalized spacial score (nSPS) is 14.5. The number of hydrogen-bond donors (Lipinski definition) is 1. The Morgan fingerprint density at radius 1 is 1.21 bits per heavy atom. The number of nitrogens with one attached hydrogen (secondary N) is 1. The fourth-order valence-electron chi connectivity index (χ4n) is 2.77. The Kier molecular flexibility index (Phi) is 4.98. The molecule has 0 bridgehead atoms. The predicted molar refractivity (Wildman–Crippen MR) is 88.2 cm³/mol. The van der Waals surface area contributed by atoms with E-state index in [0.717, 1.165) is 36.9 Å². The van der Waals surface area contributed by atoms with E-state index in [2.05, 4.69) is 25.2 Å². The third kappa shape index (κ3) is 4.04. The Morgan fingerprint density at radius 2 is 2.00 bits per heavy atom. The van der Waals surface area contributed by atoms with Gasteiger partial charge in [-0.05, 0) is 32.3 Å². The van der Waals surface area contributed by atoms with Gasteiger partial charge in [0.2, 0.25) is 0 Å². The summed E-state index contributed by atoms with van der Waals surface area (Å²) in [6, 6.07) is 3.12. The standard InChI is InChI=1S/C17H20FN5O/c1-12-7-16(23-5-3-2-4-6-23)22-15(21-12)11-20-17(24)13-8-14(18)10-19-9-13/h7-10H,2-6,11H2,1H3,(H,20,24). The van der Waals surface area contributed by atoms with E-state index in [0.29, 0.717) is 5.82 Å². The van der Waals surface area contributed by atoms with Crippen molar-refractivity contribution in [3.8, 4) is 0 Å². The van der Waals surface area contributed by atoms with Gasteiger partial charge in [-0.1, -0.05) is 0 Å². The lowest BCUT2D eigenvalue weighted by Crippen LogP contribution is -2.31. The summed E-state index contributed by atoms with van der Waals surface area (Å²) in [6.45, 7) is 4.10. The number of aryl methyl sites for hydroxylation is 1. The number of halogens is 1. The van der Waals surface area contributed by atoms with Crippen LogP contribution in [0.2, 0.25) is 0 Å². The van der Waals surface area contributed by atoms with E-state index in [1.165, 1.54) is 25.5 Å². The van der Waals surface area contributed by atoms with Gasteiger partial charge in [0, 0.05) is 31.0 Å². The Morgan fingerprint density at radius 3 is 2.75 bits per heavy atom. The first-order chi connectivity index (χ1) is 11.6. The van der Waals surface area contributed by atoms with Crippen LogP contribution in [0.15, 0.2) is 24.5 Å². The molecule has 1 amide bonds. The van der Waals surface area contributed by atoms with E-state index < -0.39 is 11.7 Å². The fourth-order valence-corrected chi connectivity index (χ4v) is 2.77. The number of nitrogens with zero attached hydrogens (tertiary/aromatic N) is 4. The molecule has 0 aromatic carbocycles. The van der Waals surface area contributed by atoms with Gasteiger partial charge in [-0.3, -0.25) is 9.78 Å². The predicted octanol–water partition coefficient (Wildman–Crippen LogP) is 2.24.